The van der Waals surface area contributed by atoms with E-state index < -0.39 is 0 Å². The molecule has 0 unspecified atom stereocenters. The van der Waals surface area contributed by atoms with Crippen molar-refractivity contribution in [2.75, 3.05) is 0 Å². The van der Waals surface area contributed by atoms with Gasteiger partial charge < -0.3 is 4.57 Å². The first-order chi connectivity index (χ1) is 13.8. The van der Waals surface area contributed by atoms with Gasteiger partial charge in [0.25, 0.3) is 5.91 Å². The highest BCUT2D eigenvalue weighted by Crippen LogP contribution is 2.33. The predicted octanol–water partition coefficient (Wildman–Crippen LogP) is 5.38. The third-order valence-electron chi connectivity index (χ3n) is 5.28. The number of benzene rings is 1. The van der Waals surface area contributed by atoms with Gasteiger partial charge in [-0.15, -0.1) is 0 Å². The van der Waals surface area contributed by atoms with Gasteiger partial charge in [0.1, 0.15) is 5.84 Å². The Labute approximate surface area is 175 Å². The average Bonchev–Trinajstić information content (AvgIpc) is 3.17. The molecule has 0 atom stereocenters. The van der Waals surface area contributed by atoms with E-state index in [0.29, 0.717) is 16.7 Å². The second-order valence-corrected chi connectivity index (χ2v) is 8.94. The van der Waals surface area contributed by atoms with Crippen molar-refractivity contribution >= 4 is 34.7 Å². The molecule has 4 rings (SSSR count). The number of aliphatic imine (C=N–C) groups is 1. The molecular formula is C23H24N4OS. The van der Waals surface area contributed by atoms with Crippen molar-refractivity contribution < 1.29 is 4.79 Å². The number of carbonyl (C=O) groups is 1. The van der Waals surface area contributed by atoms with E-state index in [1.165, 1.54) is 17.3 Å². The number of fused-ring (bicyclic) bond motifs is 1. The van der Waals surface area contributed by atoms with Crippen LogP contribution in [-0.2, 0) is 4.79 Å². The SMILES string of the molecule is CC1=CN2C(=N)/C(=C/c3cc(C)n(-c4ccc(C(C)C)cc4)c3C)C(=O)N=C2S1. The van der Waals surface area contributed by atoms with Crippen LogP contribution in [0.5, 0.6) is 0 Å². The zero-order valence-electron chi connectivity index (χ0n) is 17.3. The summed E-state index contributed by atoms with van der Waals surface area (Å²) in [6, 6.07) is 10.6. The summed E-state index contributed by atoms with van der Waals surface area (Å²) >= 11 is 1.42. The number of hydrogen-bond acceptors (Lipinski definition) is 3. The summed E-state index contributed by atoms with van der Waals surface area (Å²) < 4.78 is 2.18. The molecule has 148 valence electrons. The molecule has 0 saturated heterocycles. The highest BCUT2D eigenvalue weighted by Gasteiger charge is 2.33. The van der Waals surface area contributed by atoms with Crippen molar-refractivity contribution in [1.29, 1.82) is 5.41 Å². The first-order valence-corrected chi connectivity index (χ1v) is 10.5. The lowest BCUT2D eigenvalue weighted by molar-refractivity contribution is -0.114. The number of nitrogens with zero attached hydrogens (tertiary/aromatic N) is 3. The summed E-state index contributed by atoms with van der Waals surface area (Å²) in [5, 5.41) is 9.05. The van der Waals surface area contributed by atoms with Gasteiger partial charge in [0, 0.05) is 28.2 Å². The molecule has 3 heterocycles. The molecule has 1 N–H and O–H groups in total. The molecule has 2 aromatic rings. The van der Waals surface area contributed by atoms with Gasteiger partial charge in [-0.1, -0.05) is 37.7 Å². The van der Waals surface area contributed by atoms with E-state index >= 15 is 0 Å². The largest absolute Gasteiger partial charge is 0.318 e. The molecule has 5 nitrogen and oxygen atoms in total. The van der Waals surface area contributed by atoms with Crippen LogP contribution in [0.3, 0.4) is 0 Å². The molecule has 0 aliphatic carbocycles. The average molecular weight is 405 g/mol. The Morgan fingerprint density at radius 3 is 2.48 bits per heavy atom. The number of thioether (sulfide) groups is 1. The van der Waals surface area contributed by atoms with E-state index in [4.69, 9.17) is 5.41 Å². The molecule has 0 spiro atoms. The van der Waals surface area contributed by atoms with Crippen LogP contribution in [-0.4, -0.2) is 26.4 Å². The van der Waals surface area contributed by atoms with Crippen molar-refractivity contribution in [3.05, 3.63) is 69.5 Å². The predicted molar refractivity (Wildman–Crippen MR) is 121 cm³/mol. The Hall–Kier alpha value is -2.86. The van der Waals surface area contributed by atoms with Crippen molar-refractivity contribution in [3.63, 3.8) is 0 Å². The smallest absolute Gasteiger partial charge is 0.283 e. The van der Waals surface area contributed by atoms with Crippen LogP contribution in [0.4, 0.5) is 0 Å². The number of amidine groups is 2. The zero-order chi connectivity index (χ0) is 20.9. The van der Waals surface area contributed by atoms with Gasteiger partial charge in [-0.05, 0) is 62.1 Å². The quantitative estimate of drug-likeness (QED) is 0.698. The number of allylic oxidation sites excluding steroid dienone is 1. The number of carbonyl (C=O) groups excluding carboxylic acids is 1. The van der Waals surface area contributed by atoms with E-state index in [-0.39, 0.29) is 11.7 Å². The standard InChI is InChI=1S/C23H24N4OS/c1-13(2)17-6-8-19(9-7-17)27-14(3)10-18(16(27)5)11-20-21(24)26-12-15(4)29-23(26)25-22(20)28/h6-13,24H,1-5H3/b20-11-,24-21?. The van der Waals surface area contributed by atoms with Crippen molar-refractivity contribution in [2.24, 2.45) is 4.99 Å². The fraction of sp³-hybridized carbons (Fsp3) is 0.261. The molecule has 2 aliphatic rings. The van der Waals surface area contributed by atoms with Crippen LogP contribution in [0.2, 0.25) is 0 Å². The highest BCUT2D eigenvalue weighted by atomic mass is 32.2. The summed E-state index contributed by atoms with van der Waals surface area (Å²) in [6.45, 7) is 10.4. The van der Waals surface area contributed by atoms with Crippen LogP contribution < -0.4 is 0 Å². The second-order valence-electron chi connectivity index (χ2n) is 7.73. The van der Waals surface area contributed by atoms with Crippen molar-refractivity contribution in [1.82, 2.24) is 9.47 Å². The number of aryl methyl sites for hydroxylation is 1. The lowest BCUT2D eigenvalue weighted by Gasteiger charge is -2.22. The van der Waals surface area contributed by atoms with Gasteiger partial charge in [0.05, 0.1) is 5.57 Å². The summed E-state index contributed by atoms with van der Waals surface area (Å²) in [4.78, 5) is 19.4. The third kappa shape index (κ3) is 3.38. The van der Waals surface area contributed by atoms with E-state index in [1.807, 2.05) is 20.0 Å². The fourth-order valence-electron chi connectivity index (χ4n) is 3.70. The number of amides is 1. The number of aromatic nitrogens is 1. The summed E-state index contributed by atoms with van der Waals surface area (Å²) in [7, 11) is 0. The Morgan fingerprint density at radius 2 is 1.83 bits per heavy atom. The summed E-state index contributed by atoms with van der Waals surface area (Å²) in [5.74, 6) is 0.310. The molecular weight excluding hydrogens is 380 g/mol. The van der Waals surface area contributed by atoms with Crippen LogP contribution in [0.15, 0.2) is 52.0 Å². The molecule has 1 aromatic carbocycles. The van der Waals surface area contributed by atoms with E-state index in [2.05, 4.69) is 60.7 Å². The van der Waals surface area contributed by atoms with E-state index in [9.17, 15) is 4.79 Å². The van der Waals surface area contributed by atoms with Gasteiger partial charge in [-0.25, -0.2) is 0 Å². The maximum absolute atomic E-state index is 12.6. The van der Waals surface area contributed by atoms with Gasteiger partial charge in [0.2, 0.25) is 0 Å². The minimum atomic E-state index is -0.358. The molecule has 0 fully saturated rings. The number of nitrogens with one attached hydrogen (secondary N) is 1. The van der Waals surface area contributed by atoms with E-state index in [0.717, 1.165) is 27.5 Å². The third-order valence-corrected chi connectivity index (χ3v) is 6.18. The lowest BCUT2D eigenvalue weighted by Crippen LogP contribution is -2.35. The topological polar surface area (TPSA) is 61.5 Å². The monoisotopic (exact) mass is 404 g/mol. The summed E-state index contributed by atoms with van der Waals surface area (Å²) in [5.41, 5.74) is 5.75. The maximum Gasteiger partial charge on any atom is 0.283 e. The fourth-order valence-corrected chi connectivity index (χ4v) is 4.51. The van der Waals surface area contributed by atoms with Gasteiger partial charge in [-0.3, -0.25) is 15.1 Å². The van der Waals surface area contributed by atoms with E-state index in [1.54, 1.807) is 11.0 Å². The van der Waals surface area contributed by atoms with Gasteiger partial charge in [-0.2, -0.15) is 4.99 Å². The van der Waals surface area contributed by atoms with Crippen LogP contribution in [0.1, 0.15) is 49.2 Å². The second kappa shape index (κ2) is 7.19. The molecule has 0 saturated carbocycles. The van der Waals surface area contributed by atoms with Crippen molar-refractivity contribution in [3.8, 4) is 5.69 Å². The summed E-state index contributed by atoms with van der Waals surface area (Å²) in [6.07, 6.45) is 3.64. The van der Waals surface area contributed by atoms with Crippen LogP contribution in [0.25, 0.3) is 11.8 Å². The maximum atomic E-state index is 12.6. The first kappa shape index (κ1) is 19.5. The Kier molecular flexibility index (Phi) is 4.82. The molecule has 1 amide bonds. The molecule has 6 heteroatoms. The van der Waals surface area contributed by atoms with Crippen LogP contribution >= 0.6 is 11.8 Å². The van der Waals surface area contributed by atoms with Gasteiger partial charge in [0.15, 0.2) is 5.17 Å². The highest BCUT2D eigenvalue weighted by molar-refractivity contribution is 8.17. The lowest BCUT2D eigenvalue weighted by atomic mass is 10.0. The first-order valence-electron chi connectivity index (χ1n) is 9.64. The minimum Gasteiger partial charge on any atom is -0.318 e. The molecule has 29 heavy (non-hydrogen) atoms. The minimum absolute atomic E-state index is 0.176. The number of rotatable bonds is 3. The molecule has 0 bridgehead atoms. The Bertz CT molecular complexity index is 1120. The number of hydrogen-bond donors (Lipinski definition) is 1. The van der Waals surface area contributed by atoms with Crippen molar-refractivity contribution in [2.45, 2.75) is 40.5 Å². The van der Waals surface area contributed by atoms with Crippen LogP contribution in [0, 0.1) is 19.3 Å². The Balaban J connectivity index is 1.73. The normalized spacial score (nSPS) is 17.9. The van der Waals surface area contributed by atoms with Gasteiger partial charge >= 0.3 is 0 Å². The molecule has 0 radical (unpaired) electrons. The Morgan fingerprint density at radius 1 is 1.14 bits per heavy atom. The zero-order valence-corrected chi connectivity index (χ0v) is 18.1. The molecule has 2 aliphatic heterocycles. The molecule has 1 aromatic heterocycles.